The van der Waals surface area contributed by atoms with Crippen LogP contribution in [-0.2, 0) is 0 Å². The average molecular weight is 405 g/mol. The van der Waals surface area contributed by atoms with Crippen molar-refractivity contribution in [2.24, 2.45) is 0 Å². The summed E-state index contributed by atoms with van der Waals surface area (Å²) >= 11 is 24.5. The van der Waals surface area contributed by atoms with Crippen molar-refractivity contribution in [3.05, 3.63) is 53.6 Å². The molecule has 0 aliphatic heterocycles. The van der Waals surface area contributed by atoms with Gasteiger partial charge in [-0.15, -0.1) is 11.8 Å². The van der Waals surface area contributed by atoms with E-state index in [0.717, 1.165) is 22.6 Å². The monoisotopic (exact) mass is 404 g/mol. The molecule has 7 heteroatoms. The van der Waals surface area contributed by atoms with Crippen LogP contribution in [0.2, 0.25) is 5.02 Å². The van der Waals surface area contributed by atoms with Crippen molar-refractivity contribution in [3.63, 3.8) is 0 Å². The molecule has 0 saturated heterocycles. The molecule has 1 aromatic heterocycles. The van der Waals surface area contributed by atoms with Crippen molar-refractivity contribution < 1.29 is 0 Å². The summed E-state index contributed by atoms with van der Waals surface area (Å²) < 4.78 is 2.74. The number of rotatable bonds is 7. The van der Waals surface area contributed by atoms with Crippen LogP contribution in [0.3, 0.4) is 0 Å². The van der Waals surface area contributed by atoms with Crippen molar-refractivity contribution in [1.29, 1.82) is 0 Å². The molecule has 0 aliphatic rings. The van der Waals surface area contributed by atoms with E-state index < -0.39 is 0 Å². The number of hydrogen-bond donors (Lipinski definition) is 1. The van der Waals surface area contributed by atoms with Gasteiger partial charge in [0.25, 0.3) is 0 Å². The van der Waals surface area contributed by atoms with Gasteiger partial charge >= 0.3 is 0 Å². The highest BCUT2D eigenvalue weighted by molar-refractivity contribution is 8.24. The summed E-state index contributed by atoms with van der Waals surface area (Å²) in [5, 5.41) is 0.746. The number of halogens is 2. The van der Waals surface area contributed by atoms with E-state index in [2.05, 4.69) is 24.5 Å². The van der Waals surface area contributed by atoms with Gasteiger partial charge in [-0.05, 0) is 24.1 Å². The molecule has 23 heavy (non-hydrogen) atoms. The molecule has 0 amide bonds. The van der Waals surface area contributed by atoms with Crippen LogP contribution in [0.5, 0.6) is 0 Å². The molecule has 0 bridgehead atoms. The number of aromatic nitrogens is 2. The zero-order valence-corrected chi connectivity index (χ0v) is 16.6. The molecule has 3 unspecified atom stereocenters. The van der Waals surface area contributed by atoms with Gasteiger partial charge in [0.1, 0.15) is 5.50 Å². The fraction of sp³-hybridized carbons (Fsp3) is 0.375. The molecule has 2 aromatic rings. The van der Waals surface area contributed by atoms with Crippen LogP contribution in [0.1, 0.15) is 36.1 Å². The Labute approximate surface area is 162 Å². The van der Waals surface area contributed by atoms with Gasteiger partial charge in [-0.2, -0.15) is 12.6 Å². The largest absolute Gasteiger partial charge is 0.319 e. The first-order chi connectivity index (χ1) is 11.0. The summed E-state index contributed by atoms with van der Waals surface area (Å²) in [6.07, 6.45) is 7.30. The molecular weight excluding hydrogens is 387 g/mol. The molecular formula is C16H18Cl2N2S3. The summed E-state index contributed by atoms with van der Waals surface area (Å²) in [6.45, 7) is 2.13. The van der Waals surface area contributed by atoms with Gasteiger partial charge in [0, 0.05) is 22.7 Å². The standard InChI is InChI=1S/C16H18Cl2N2S3/c1-2-3-13(21)16(22)23-14(11-4-6-12(17)7-5-11)15(18)20-9-8-19-10-20/h4-10,13-15,21H,2-3H2,1H3. The van der Waals surface area contributed by atoms with Crippen molar-refractivity contribution in [3.8, 4) is 0 Å². The Morgan fingerprint density at radius 2 is 2.09 bits per heavy atom. The average Bonchev–Trinajstić information content (AvgIpc) is 3.07. The maximum absolute atomic E-state index is 6.70. The zero-order chi connectivity index (χ0) is 16.8. The summed E-state index contributed by atoms with van der Waals surface area (Å²) in [7, 11) is 0. The fourth-order valence-electron chi connectivity index (χ4n) is 2.10. The quantitative estimate of drug-likeness (QED) is 0.337. The summed E-state index contributed by atoms with van der Waals surface area (Å²) in [5.41, 5.74) is 0.774. The topological polar surface area (TPSA) is 17.8 Å². The summed E-state index contributed by atoms with van der Waals surface area (Å²) in [6, 6.07) is 7.72. The first-order valence-corrected chi connectivity index (χ1v) is 9.90. The van der Waals surface area contributed by atoms with Crippen LogP contribution in [0.15, 0.2) is 43.0 Å². The Hall–Kier alpha value is -0.200. The highest BCUT2D eigenvalue weighted by Crippen LogP contribution is 2.43. The fourth-order valence-corrected chi connectivity index (χ4v) is 4.58. The number of benzene rings is 1. The van der Waals surface area contributed by atoms with Gasteiger partial charge < -0.3 is 4.57 Å². The highest BCUT2D eigenvalue weighted by Gasteiger charge is 2.26. The number of nitrogens with zero attached hydrogens (tertiary/aromatic N) is 2. The van der Waals surface area contributed by atoms with Gasteiger partial charge in [0.2, 0.25) is 0 Å². The molecule has 0 radical (unpaired) electrons. The minimum Gasteiger partial charge on any atom is -0.319 e. The lowest BCUT2D eigenvalue weighted by Crippen LogP contribution is -2.15. The molecule has 1 heterocycles. The van der Waals surface area contributed by atoms with Crippen LogP contribution in [0.4, 0.5) is 0 Å². The van der Waals surface area contributed by atoms with E-state index in [0.29, 0.717) is 5.02 Å². The van der Waals surface area contributed by atoms with E-state index in [4.69, 9.17) is 35.4 Å². The normalized spacial score (nSPS) is 15.1. The van der Waals surface area contributed by atoms with E-state index in [1.54, 1.807) is 24.3 Å². The van der Waals surface area contributed by atoms with Gasteiger partial charge in [0.05, 0.1) is 15.8 Å². The van der Waals surface area contributed by atoms with Crippen LogP contribution >= 0.6 is 59.8 Å². The lowest BCUT2D eigenvalue weighted by molar-refractivity contribution is 0.653. The van der Waals surface area contributed by atoms with Crippen molar-refractivity contribution in [1.82, 2.24) is 9.55 Å². The molecule has 0 fully saturated rings. The van der Waals surface area contributed by atoms with Crippen LogP contribution in [0, 0.1) is 0 Å². The first kappa shape index (κ1) is 19.1. The molecule has 0 aliphatic carbocycles. The number of thiol groups is 1. The minimum atomic E-state index is -0.302. The van der Waals surface area contributed by atoms with Crippen LogP contribution in [-0.4, -0.2) is 19.0 Å². The first-order valence-electron chi connectivity index (χ1n) is 7.28. The Morgan fingerprint density at radius 3 is 2.65 bits per heavy atom. The molecule has 0 spiro atoms. The van der Waals surface area contributed by atoms with E-state index in [-0.39, 0.29) is 16.0 Å². The highest BCUT2D eigenvalue weighted by atomic mass is 35.5. The maximum atomic E-state index is 6.70. The second-order valence-corrected chi connectivity index (χ2v) is 8.48. The lowest BCUT2D eigenvalue weighted by Gasteiger charge is -2.25. The molecule has 2 nitrogen and oxygen atoms in total. The van der Waals surface area contributed by atoms with Gasteiger partial charge in [-0.25, -0.2) is 4.98 Å². The van der Waals surface area contributed by atoms with Crippen molar-refractivity contribution >= 4 is 64.0 Å². The van der Waals surface area contributed by atoms with E-state index >= 15 is 0 Å². The Bertz CT molecular complexity index is 617. The molecule has 0 N–H and O–H groups in total. The van der Waals surface area contributed by atoms with E-state index in [1.165, 1.54) is 0 Å². The molecule has 3 atom stereocenters. The number of imidazole rings is 1. The third kappa shape index (κ3) is 5.40. The molecule has 1 aromatic carbocycles. The van der Waals surface area contributed by atoms with Gasteiger partial charge in [0.15, 0.2) is 0 Å². The van der Waals surface area contributed by atoms with Gasteiger partial charge in [-0.3, -0.25) is 0 Å². The second-order valence-electron chi connectivity index (χ2n) is 5.10. The zero-order valence-electron chi connectivity index (χ0n) is 12.6. The summed E-state index contributed by atoms with van der Waals surface area (Å²) in [5.74, 6) is 0. The van der Waals surface area contributed by atoms with Gasteiger partial charge in [-0.1, -0.05) is 60.9 Å². The van der Waals surface area contributed by atoms with Crippen LogP contribution < -0.4 is 0 Å². The predicted octanol–water partition coefficient (Wildman–Crippen LogP) is 6.17. The van der Waals surface area contributed by atoms with Crippen LogP contribution in [0.25, 0.3) is 0 Å². The Morgan fingerprint density at radius 1 is 1.39 bits per heavy atom. The number of alkyl halides is 1. The number of thioether (sulfide) groups is 1. The second kappa shape index (κ2) is 9.33. The molecule has 0 saturated carbocycles. The Kier molecular flexibility index (Phi) is 7.76. The minimum absolute atomic E-state index is 0.0397. The summed E-state index contributed by atoms with van der Waals surface area (Å²) in [4.78, 5) is 4.08. The maximum Gasteiger partial charge on any atom is 0.125 e. The molecule has 124 valence electrons. The predicted molar refractivity (Wildman–Crippen MR) is 109 cm³/mol. The smallest absolute Gasteiger partial charge is 0.125 e. The molecule has 2 rings (SSSR count). The van der Waals surface area contributed by atoms with E-state index in [1.807, 2.05) is 35.0 Å². The Balaban J connectivity index is 2.24. The third-order valence-electron chi connectivity index (χ3n) is 3.34. The lowest BCUT2D eigenvalue weighted by atomic mass is 10.1. The van der Waals surface area contributed by atoms with Crippen molar-refractivity contribution in [2.75, 3.05) is 0 Å². The number of thiocarbonyl (C=S) groups is 1. The SMILES string of the molecule is CCCC(S)C(=S)SC(c1ccc(Cl)cc1)C(Cl)n1ccnc1. The van der Waals surface area contributed by atoms with Crippen molar-refractivity contribution in [2.45, 2.75) is 35.8 Å². The third-order valence-corrected chi connectivity index (χ3v) is 6.95. The number of hydrogen-bond acceptors (Lipinski definition) is 4. The van der Waals surface area contributed by atoms with E-state index in [9.17, 15) is 0 Å².